The Balaban J connectivity index is 0.000000182. The highest BCUT2D eigenvalue weighted by molar-refractivity contribution is 5.69. The van der Waals surface area contributed by atoms with Crippen molar-refractivity contribution in [3.05, 3.63) is 71.8 Å². The lowest BCUT2D eigenvalue weighted by atomic mass is 9.99. The summed E-state index contributed by atoms with van der Waals surface area (Å²) < 4.78 is 0. The molecule has 2 aromatic heterocycles. The predicted molar refractivity (Wildman–Crippen MR) is 184 cm³/mol. The van der Waals surface area contributed by atoms with Crippen LogP contribution in [0.4, 0.5) is 23.5 Å². The van der Waals surface area contributed by atoms with Gasteiger partial charge in [-0.1, -0.05) is 43.3 Å². The fourth-order valence-corrected chi connectivity index (χ4v) is 5.48. The number of likely N-dealkylation sites (N-methyl/N-ethyl adjacent to an activating group) is 2. The monoisotopic (exact) mass is 624 g/mol. The van der Waals surface area contributed by atoms with Gasteiger partial charge in [-0.3, -0.25) is 0 Å². The minimum atomic E-state index is -0.138. The Labute approximate surface area is 270 Å². The Morgan fingerprint density at radius 3 is 1.67 bits per heavy atom. The van der Waals surface area contributed by atoms with Gasteiger partial charge in [0.15, 0.2) is 0 Å². The summed E-state index contributed by atoms with van der Waals surface area (Å²) in [6, 6.07) is 19.5. The maximum atomic E-state index is 11.0. The molecule has 4 aromatic rings. The van der Waals surface area contributed by atoms with Gasteiger partial charge in [-0.2, -0.15) is 9.97 Å². The van der Waals surface area contributed by atoms with Crippen molar-refractivity contribution in [1.29, 1.82) is 0 Å². The third-order valence-electron chi connectivity index (χ3n) is 8.43. The second-order valence-electron chi connectivity index (χ2n) is 11.9. The van der Waals surface area contributed by atoms with Gasteiger partial charge in [0.2, 0.25) is 11.9 Å². The molecule has 1 atom stereocenters. The number of aromatic nitrogens is 4. The highest BCUT2D eigenvalue weighted by Gasteiger charge is 2.19. The standard InChI is InChI=1S/C18H23N5O.C16H21N5O/c1-13(12-24)14-4-3-5-15(10-14)16-11-17(21-18(19)20-16)23-8-6-22(2)7-9-23;1-20-5-7-21(8-6-20)15-10-14(18-16(17)19-15)13-4-2-3-12(9-13)11-22/h3-5,10-13H,6-9H2,1-2H3,(H2,19,20,21);2-4,9-10,22H,5-8,11H2,1H3,(H2,17,18,19). The van der Waals surface area contributed by atoms with E-state index in [2.05, 4.69) is 53.6 Å². The number of nitrogens with two attached hydrogens (primary N) is 2. The minimum absolute atomic E-state index is 0.0136. The molecular formula is C34H44N10O2. The van der Waals surface area contributed by atoms with Crippen LogP contribution >= 0.6 is 0 Å². The van der Waals surface area contributed by atoms with Gasteiger partial charge in [0.1, 0.15) is 17.9 Å². The first-order valence-corrected chi connectivity index (χ1v) is 15.6. The fourth-order valence-electron chi connectivity index (χ4n) is 5.48. The van der Waals surface area contributed by atoms with Crippen LogP contribution in [0.2, 0.25) is 0 Å². The lowest BCUT2D eigenvalue weighted by Gasteiger charge is -2.33. The molecule has 2 aromatic carbocycles. The summed E-state index contributed by atoms with van der Waals surface area (Å²) in [5.41, 5.74) is 17.1. The molecule has 0 saturated carbocycles. The summed E-state index contributed by atoms with van der Waals surface area (Å²) >= 11 is 0. The smallest absolute Gasteiger partial charge is 0.222 e. The average Bonchev–Trinajstić information content (AvgIpc) is 3.08. The van der Waals surface area contributed by atoms with Crippen LogP contribution in [0, 0.1) is 0 Å². The highest BCUT2D eigenvalue weighted by Crippen LogP contribution is 2.27. The van der Waals surface area contributed by atoms with Crippen molar-refractivity contribution in [2.75, 3.05) is 87.7 Å². The SMILES string of the molecule is CC(C=O)c1cccc(-c2cc(N3CCN(C)CC3)nc(N)n2)c1.CN1CCN(c2cc(-c3cccc(CO)c3)nc(N)n2)CC1. The summed E-state index contributed by atoms with van der Waals surface area (Å²) in [7, 11) is 4.24. The number of piperazine rings is 2. The lowest BCUT2D eigenvalue weighted by molar-refractivity contribution is -0.108. The second-order valence-corrected chi connectivity index (χ2v) is 11.9. The van der Waals surface area contributed by atoms with Gasteiger partial charge in [0.05, 0.1) is 18.0 Å². The molecule has 0 bridgehead atoms. The number of aldehydes is 1. The largest absolute Gasteiger partial charge is 0.392 e. The number of hydrogen-bond acceptors (Lipinski definition) is 12. The molecule has 1 unspecified atom stereocenters. The van der Waals surface area contributed by atoms with Gasteiger partial charge in [-0.05, 0) is 37.4 Å². The van der Waals surface area contributed by atoms with E-state index in [-0.39, 0.29) is 24.4 Å². The van der Waals surface area contributed by atoms with E-state index in [4.69, 9.17) is 11.5 Å². The average molecular weight is 625 g/mol. The number of carbonyl (C=O) groups excluding carboxylic acids is 1. The summed E-state index contributed by atoms with van der Waals surface area (Å²) in [6.45, 7) is 9.65. The van der Waals surface area contributed by atoms with E-state index in [9.17, 15) is 9.90 Å². The predicted octanol–water partition coefficient (Wildman–Crippen LogP) is 2.75. The summed E-state index contributed by atoms with van der Waals surface area (Å²) in [6.07, 6.45) is 0.948. The summed E-state index contributed by atoms with van der Waals surface area (Å²) in [5, 5.41) is 9.28. The molecule has 12 heteroatoms. The zero-order valence-electron chi connectivity index (χ0n) is 26.9. The normalized spacial score (nSPS) is 16.4. The Hall–Kier alpha value is -4.65. The van der Waals surface area contributed by atoms with E-state index in [0.717, 1.165) is 104 Å². The molecule has 0 amide bonds. The molecule has 12 nitrogen and oxygen atoms in total. The molecule has 242 valence electrons. The van der Waals surface area contributed by atoms with Crippen molar-refractivity contribution >= 4 is 29.8 Å². The molecule has 6 rings (SSSR count). The van der Waals surface area contributed by atoms with Crippen LogP contribution in [0.5, 0.6) is 0 Å². The van der Waals surface area contributed by atoms with Crippen LogP contribution in [0.1, 0.15) is 24.0 Å². The Morgan fingerprint density at radius 1 is 0.717 bits per heavy atom. The summed E-state index contributed by atoms with van der Waals surface area (Å²) in [5.74, 6) is 2.14. The number of nitrogen functional groups attached to an aromatic ring is 2. The van der Waals surface area contributed by atoms with Gasteiger partial charge in [-0.25, -0.2) is 9.97 Å². The van der Waals surface area contributed by atoms with Crippen molar-refractivity contribution in [1.82, 2.24) is 29.7 Å². The second kappa shape index (κ2) is 15.1. The summed E-state index contributed by atoms with van der Waals surface area (Å²) in [4.78, 5) is 37.6. The first kappa shape index (κ1) is 32.7. The number of rotatable bonds is 7. The molecule has 0 spiro atoms. The van der Waals surface area contributed by atoms with Gasteiger partial charge in [-0.15, -0.1) is 0 Å². The van der Waals surface area contributed by atoms with Crippen molar-refractivity contribution < 1.29 is 9.90 Å². The maximum absolute atomic E-state index is 11.0. The topological polar surface area (TPSA) is 154 Å². The number of carbonyl (C=O) groups is 1. The van der Waals surface area contributed by atoms with Gasteiger partial charge in [0.25, 0.3) is 0 Å². The minimum Gasteiger partial charge on any atom is -0.392 e. The van der Waals surface area contributed by atoms with Gasteiger partial charge < -0.3 is 41.0 Å². The van der Waals surface area contributed by atoms with Crippen molar-refractivity contribution in [2.24, 2.45) is 0 Å². The maximum Gasteiger partial charge on any atom is 0.222 e. The van der Waals surface area contributed by atoms with Crippen molar-refractivity contribution in [3.8, 4) is 22.5 Å². The van der Waals surface area contributed by atoms with E-state index >= 15 is 0 Å². The van der Waals surface area contributed by atoms with E-state index < -0.39 is 0 Å². The molecule has 4 heterocycles. The van der Waals surface area contributed by atoms with Gasteiger partial charge in [0, 0.05) is 81.5 Å². The first-order valence-electron chi connectivity index (χ1n) is 15.6. The number of nitrogens with zero attached hydrogens (tertiary/aromatic N) is 8. The van der Waals surface area contributed by atoms with Crippen molar-refractivity contribution in [3.63, 3.8) is 0 Å². The van der Waals surface area contributed by atoms with Crippen LogP contribution in [0.15, 0.2) is 60.7 Å². The third-order valence-corrected chi connectivity index (χ3v) is 8.43. The number of hydrogen-bond donors (Lipinski definition) is 3. The number of aliphatic hydroxyl groups is 1. The zero-order chi connectivity index (χ0) is 32.6. The van der Waals surface area contributed by atoms with Crippen molar-refractivity contribution in [2.45, 2.75) is 19.4 Å². The van der Waals surface area contributed by atoms with E-state index in [0.29, 0.717) is 0 Å². The third kappa shape index (κ3) is 8.33. The molecule has 2 aliphatic heterocycles. The van der Waals surface area contributed by atoms with Gasteiger partial charge >= 0.3 is 0 Å². The molecule has 2 saturated heterocycles. The number of benzene rings is 2. The van der Waals surface area contributed by atoms with Crippen LogP contribution < -0.4 is 21.3 Å². The fraction of sp³-hybridized carbons (Fsp3) is 0.382. The molecule has 0 aliphatic carbocycles. The molecule has 46 heavy (non-hydrogen) atoms. The quantitative estimate of drug-likeness (QED) is 0.259. The Morgan fingerprint density at radius 2 is 1.20 bits per heavy atom. The van der Waals surface area contributed by atoms with E-state index in [1.165, 1.54) is 0 Å². The van der Waals surface area contributed by atoms with Crippen LogP contribution in [0.3, 0.4) is 0 Å². The first-order chi connectivity index (χ1) is 22.2. The highest BCUT2D eigenvalue weighted by atomic mass is 16.3. The van der Waals surface area contributed by atoms with E-state index in [1.54, 1.807) is 0 Å². The van der Waals surface area contributed by atoms with Crippen LogP contribution in [-0.4, -0.2) is 108 Å². The lowest BCUT2D eigenvalue weighted by Crippen LogP contribution is -2.44. The Bertz CT molecular complexity index is 1620. The zero-order valence-corrected chi connectivity index (χ0v) is 26.9. The molecule has 2 aliphatic rings. The molecular weight excluding hydrogens is 580 g/mol. The van der Waals surface area contributed by atoms with Crippen LogP contribution in [-0.2, 0) is 11.4 Å². The molecule has 0 radical (unpaired) electrons. The van der Waals surface area contributed by atoms with Crippen LogP contribution in [0.25, 0.3) is 22.5 Å². The molecule has 5 N–H and O–H groups in total. The number of aliphatic hydroxyl groups excluding tert-OH is 1. The number of anilines is 4. The Kier molecular flexibility index (Phi) is 10.7. The van der Waals surface area contributed by atoms with E-state index in [1.807, 2.05) is 67.6 Å². The molecule has 2 fully saturated rings.